The van der Waals surface area contributed by atoms with Gasteiger partial charge in [-0.25, -0.2) is 8.42 Å². The molecule has 2 aliphatic heterocycles. The second-order valence-corrected chi connectivity index (χ2v) is 6.17. The minimum absolute atomic E-state index is 0.0393. The van der Waals surface area contributed by atoms with E-state index >= 15 is 0 Å². The predicted octanol–water partition coefficient (Wildman–Crippen LogP) is 0.367. The Bertz CT molecular complexity index is 604. The van der Waals surface area contributed by atoms with Crippen LogP contribution in [-0.4, -0.2) is 42.9 Å². The van der Waals surface area contributed by atoms with E-state index in [4.69, 9.17) is 4.74 Å². The van der Waals surface area contributed by atoms with Crippen molar-refractivity contribution in [2.24, 2.45) is 0 Å². The number of morpholine rings is 1. The van der Waals surface area contributed by atoms with Crippen LogP contribution in [0.4, 0.5) is 5.69 Å². The van der Waals surface area contributed by atoms with Gasteiger partial charge in [-0.3, -0.25) is 10.1 Å². The molecule has 0 bridgehead atoms. The normalized spacial score (nSPS) is 26.9. The van der Waals surface area contributed by atoms with E-state index in [-0.39, 0.29) is 35.9 Å². The molecule has 0 aliphatic carbocycles. The lowest BCUT2D eigenvalue weighted by molar-refractivity contribution is -0.387. The van der Waals surface area contributed by atoms with Crippen LogP contribution in [0.3, 0.4) is 0 Å². The highest BCUT2D eigenvalue weighted by atomic mass is 32.2. The molecule has 0 saturated carbocycles. The molecular formula is C10H10N2O5S. The second-order valence-electron chi connectivity index (χ2n) is 4.26. The summed E-state index contributed by atoms with van der Waals surface area (Å²) in [4.78, 5) is 9.92. The fourth-order valence-corrected chi connectivity index (χ4v) is 3.76. The van der Waals surface area contributed by atoms with Gasteiger partial charge in [-0.15, -0.1) is 0 Å². The Morgan fingerprint density at radius 3 is 2.50 bits per heavy atom. The number of benzene rings is 1. The first kappa shape index (κ1) is 11.6. The van der Waals surface area contributed by atoms with Crippen LogP contribution in [0, 0.1) is 10.1 Å². The largest absolute Gasteiger partial charge is 0.367 e. The lowest BCUT2D eigenvalue weighted by atomic mass is 10.3. The molecule has 1 aromatic rings. The third-order valence-corrected chi connectivity index (χ3v) is 5.01. The monoisotopic (exact) mass is 270 g/mol. The SMILES string of the molecule is O=[N+]([O-])c1ccccc1S(=O)(=O)N1C[C@H]2O[C@@H]2C1. The Morgan fingerprint density at radius 1 is 1.28 bits per heavy atom. The molecule has 0 amide bonds. The fourth-order valence-electron chi connectivity index (χ4n) is 2.14. The van der Waals surface area contributed by atoms with Crippen LogP contribution in [0.25, 0.3) is 0 Å². The minimum atomic E-state index is -3.81. The first-order valence-corrected chi connectivity index (χ1v) is 6.83. The molecule has 7 nitrogen and oxygen atoms in total. The van der Waals surface area contributed by atoms with Crippen molar-refractivity contribution in [1.82, 2.24) is 4.31 Å². The highest BCUT2D eigenvalue weighted by Crippen LogP contribution is 2.35. The van der Waals surface area contributed by atoms with Gasteiger partial charge < -0.3 is 4.74 Å². The number of nitrogens with zero attached hydrogens (tertiary/aromatic N) is 2. The fraction of sp³-hybridized carbons (Fsp3) is 0.400. The first-order chi connectivity index (χ1) is 8.50. The second kappa shape index (κ2) is 3.74. The zero-order valence-corrected chi connectivity index (χ0v) is 10.0. The van der Waals surface area contributed by atoms with Gasteiger partial charge in [0.05, 0.1) is 17.1 Å². The van der Waals surface area contributed by atoms with E-state index in [2.05, 4.69) is 0 Å². The van der Waals surface area contributed by atoms with Gasteiger partial charge in [0, 0.05) is 19.2 Å². The third kappa shape index (κ3) is 1.69. The van der Waals surface area contributed by atoms with Gasteiger partial charge in [0.1, 0.15) is 0 Å². The maximum atomic E-state index is 12.3. The summed E-state index contributed by atoms with van der Waals surface area (Å²) in [5.41, 5.74) is -0.390. The van der Waals surface area contributed by atoms with Crippen molar-refractivity contribution < 1.29 is 18.1 Å². The maximum absolute atomic E-state index is 12.3. The molecule has 2 atom stereocenters. The first-order valence-electron chi connectivity index (χ1n) is 5.39. The van der Waals surface area contributed by atoms with E-state index in [1.54, 1.807) is 0 Å². The molecule has 2 fully saturated rings. The van der Waals surface area contributed by atoms with E-state index in [0.717, 1.165) is 0 Å². The Kier molecular flexibility index (Phi) is 2.40. The number of hydrogen-bond donors (Lipinski definition) is 0. The summed E-state index contributed by atoms with van der Waals surface area (Å²) >= 11 is 0. The lowest BCUT2D eigenvalue weighted by Crippen LogP contribution is -2.32. The van der Waals surface area contributed by atoms with Crippen LogP contribution in [0.5, 0.6) is 0 Å². The van der Waals surface area contributed by atoms with Crippen molar-refractivity contribution in [3.05, 3.63) is 34.4 Å². The highest BCUT2D eigenvalue weighted by molar-refractivity contribution is 7.89. The average Bonchev–Trinajstić information content (AvgIpc) is 2.96. The van der Waals surface area contributed by atoms with Gasteiger partial charge >= 0.3 is 0 Å². The van der Waals surface area contributed by atoms with E-state index in [1.807, 2.05) is 0 Å². The number of ether oxygens (including phenoxy) is 1. The molecule has 2 aliphatic rings. The van der Waals surface area contributed by atoms with Crippen LogP contribution >= 0.6 is 0 Å². The third-order valence-electron chi connectivity index (χ3n) is 3.13. The van der Waals surface area contributed by atoms with Gasteiger partial charge in [-0.1, -0.05) is 12.1 Å². The molecule has 0 radical (unpaired) electrons. The number of rotatable bonds is 3. The zero-order chi connectivity index (χ0) is 12.9. The number of nitro groups is 1. The predicted molar refractivity (Wildman–Crippen MR) is 60.5 cm³/mol. The molecule has 0 spiro atoms. The molecule has 18 heavy (non-hydrogen) atoms. The van der Waals surface area contributed by atoms with Crippen molar-refractivity contribution in [3.63, 3.8) is 0 Å². The molecule has 8 heteroatoms. The summed E-state index contributed by atoms with van der Waals surface area (Å²) in [5, 5.41) is 10.9. The van der Waals surface area contributed by atoms with Crippen molar-refractivity contribution >= 4 is 15.7 Å². The maximum Gasteiger partial charge on any atom is 0.289 e. The van der Waals surface area contributed by atoms with Crippen LogP contribution in [0.2, 0.25) is 0 Å². The number of nitro benzene ring substituents is 1. The van der Waals surface area contributed by atoms with Gasteiger partial charge in [0.2, 0.25) is 10.0 Å². The Labute approximate surface area is 103 Å². The van der Waals surface area contributed by atoms with Gasteiger partial charge in [0.25, 0.3) is 5.69 Å². The Balaban J connectivity index is 2.01. The topological polar surface area (TPSA) is 93.0 Å². The quantitative estimate of drug-likeness (QED) is 0.449. The molecule has 0 unspecified atom stereocenters. The zero-order valence-electron chi connectivity index (χ0n) is 9.22. The molecule has 2 heterocycles. The number of epoxide rings is 1. The molecule has 1 aromatic carbocycles. The van der Waals surface area contributed by atoms with Crippen molar-refractivity contribution in [2.75, 3.05) is 13.1 Å². The van der Waals surface area contributed by atoms with Crippen molar-refractivity contribution in [3.8, 4) is 0 Å². The minimum Gasteiger partial charge on any atom is -0.367 e. The number of hydrogen-bond acceptors (Lipinski definition) is 5. The Morgan fingerprint density at radius 2 is 1.89 bits per heavy atom. The van der Waals surface area contributed by atoms with Crippen molar-refractivity contribution in [2.45, 2.75) is 17.1 Å². The van der Waals surface area contributed by atoms with Crippen LogP contribution < -0.4 is 0 Å². The van der Waals surface area contributed by atoms with Crippen LogP contribution in [0.15, 0.2) is 29.2 Å². The van der Waals surface area contributed by atoms with E-state index in [9.17, 15) is 18.5 Å². The van der Waals surface area contributed by atoms with Crippen molar-refractivity contribution in [1.29, 1.82) is 0 Å². The van der Waals surface area contributed by atoms with Gasteiger partial charge in [0.15, 0.2) is 4.90 Å². The summed E-state index contributed by atoms with van der Waals surface area (Å²) in [6, 6.07) is 5.38. The number of sulfonamides is 1. The molecular weight excluding hydrogens is 260 g/mol. The number of fused-ring (bicyclic) bond motifs is 1. The average molecular weight is 270 g/mol. The lowest BCUT2D eigenvalue weighted by Gasteiger charge is -2.17. The highest BCUT2D eigenvalue weighted by Gasteiger charge is 2.51. The van der Waals surface area contributed by atoms with Gasteiger partial charge in [-0.05, 0) is 6.07 Å². The van der Waals surface area contributed by atoms with Gasteiger partial charge in [-0.2, -0.15) is 4.31 Å². The van der Waals surface area contributed by atoms with E-state index < -0.39 is 14.9 Å². The Hall–Kier alpha value is -1.51. The molecule has 96 valence electrons. The molecule has 3 rings (SSSR count). The van der Waals surface area contributed by atoms with E-state index in [0.29, 0.717) is 0 Å². The number of para-hydroxylation sites is 1. The summed E-state index contributed by atoms with van der Waals surface area (Å²) < 4.78 is 31.0. The summed E-state index contributed by atoms with van der Waals surface area (Å²) in [7, 11) is -3.81. The van der Waals surface area contributed by atoms with E-state index in [1.165, 1.54) is 28.6 Å². The molecule has 0 N–H and O–H groups in total. The molecule has 0 aromatic heterocycles. The standard InChI is InChI=1S/C10H10N2O5S/c13-12(14)7-3-1-2-4-10(7)18(15,16)11-5-8-9(6-11)17-8/h1-4,8-9H,5-6H2/t8-,9-/m1/s1. The van der Waals surface area contributed by atoms with Crippen LogP contribution in [0.1, 0.15) is 0 Å². The summed E-state index contributed by atoms with van der Waals surface area (Å²) in [5.74, 6) is 0. The smallest absolute Gasteiger partial charge is 0.289 e. The van der Waals surface area contributed by atoms with Crippen LogP contribution in [-0.2, 0) is 14.8 Å². The summed E-state index contributed by atoms with van der Waals surface area (Å²) in [6.07, 6.45) is -0.0786. The summed E-state index contributed by atoms with van der Waals surface area (Å²) in [6.45, 7) is 0.554. The molecule has 2 saturated heterocycles.